The fourth-order valence-electron chi connectivity index (χ4n) is 2.60. The third-order valence-electron chi connectivity index (χ3n) is 3.71. The Labute approximate surface area is 124 Å². The predicted molar refractivity (Wildman–Crippen MR) is 78.3 cm³/mol. The monoisotopic (exact) mass is 306 g/mol. The van der Waals surface area contributed by atoms with Gasteiger partial charge in [-0.1, -0.05) is 6.07 Å². The van der Waals surface area contributed by atoms with Gasteiger partial charge in [-0.25, -0.2) is 18.1 Å². The van der Waals surface area contributed by atoms with Gasteiger partial charge in [-0.05, 0) is 55.9 Å². The number of rotatable bonds is 4. The summed E-state index contributed by atoms with van der Waals surface area (Å²) >= 11 is 0. The summed E-state index contributed by atoms with van der Waals surface area (Å²) in [5.41, 5.74) is 2.42. The highest BCUT2D eigenvalue weighted by molar-refractivity contribution is 7.89. The highest BCUT2D eigenvalue weighted by Crippen LogP contribution is 2.24. The molecule has 1 aromatic heterocycles. The van der Waals surface area contributed by atoms with Crippen molar-refractivity contribution < 1.29 is 12.8 Å². The van der Waals surface area contributed by atoms with Crippen LogP contribution in [-0.2, 0) is 29.4 Å². The minimum Gasteiger partial charge on any atom is -0.445 e. The second-order valence-electron chi connectivity index (χ2n) is 5.33. The quantitative estimate of drug-likeness (QED) is 0.941. The molecule has 6 heteroatoms. The molecule has 5 nitrogen and oxygen atoms in total. The Bertz CT molecular complexity index is 750. The van der Waals surface area contributed by atoms with Crippen LogP contribution >= 0.6 is 0 Å². The molecule has 1 N–H and O–H groups in total. The molecule has 0 spiro atoms. The van der Waals surface area contributed by atoms with E-state index in [2.05, 4.69) is 9.71 Å². The van der Waals surface area contributed by atoms with Crippen LogP contribution in [0.2, 0.25) is 0 Å². The van der Waals surface area contributed by atoms with Crippen molar-refractivity contribution in [2.45, 2.75) is 44.0 Å². The van der Waals surface area contributed by atoms with Gasteiger partial charge < -0.3 is 4.42 Å². The number of aromatic nitrogens is 1. The summed E-state index contributed by atoms with van der Waals surface area (Å²) < 4.78 is 32.4. The molecule has 0 radical (unpaired) electrons. The first-order valence-corrected chi connectivity index (χ1v) is 8.56. The molecule has 0 bridgehead atoms. The molecule has 0 saturated heterocycles. The number of fused-ring (bicyclic) bond motifs is 1. The maximum Gasteiger partial charge on any atom is 0.241 e. The number of benzene rings is 1. The van der Waals surface area contributed by atoms with Crippen LogP contribution in [0.25, 0.3) is 0 Å². The highest BCUT2D eigenvalue weighted by Gasteiger charge is 2.18. The van der Waals surface area contributed by atoms with Crippen molar-refractivity contribution in [3.8, 4) is 0 Å². The third-order valence-corrected chi connectivity index (χ3v) is 5.11. The Hall–Kier alpha value is -1.66. The summed E-state index contributed by atoms with van der Waals surface area (Å²) in [6, 6.07) is 5.39. The maximum absolute atomic E-state index is 12.3. The summed E-state index contributed by atoms with van der Waals surface area (Å²) in [6.07, 6.45) is 5.87. The second-order valence-corrected chi connectivity index (χ2v) is 7.09. The number of nitrogens with zero attached hydrogens (tertiary/aromatic N) is 1. The third kappa shape index (κ3) is 3.16. The van der Waals surface area contributed by atoms with Gasteiger partial charge in [-0.3, -0.25) is 0 Å². The molecule has 112 valence electrons. The summed E-state index contributed by atoms with van der Waals surface area (Å²) in [5.74, 6) is 1.03. The highest BCUT2D eigenvalue weighted by atomic mass is 32.2. The van der Waals surface area contributed by atoms with Gasteiger partial charge >= 0.3 is 0 Å². The number of aryl methyl sites for hydroxylation is 3. The van der Waals surface area contributed by atoms with E-state index in [4.69, 9.17) is 4.42 Å². The molecule has 1 aromatic carbocycles. The first-order chi connectivity index (χ1) is 10.0. The Kier molecular flexibility index (Phi) is 3.82. The molecule has 2 aromatic rings. The van der Waals surface area contributed by atoms with Crippen LogP contribution in [0.3, 0.4) is 0 Å². The van der Waals surface area contributed by atoms with Crippen LogP contribution in [0.5, 0.6) is 0 Å². The molecule has 0 amide bonds. The Balaban J connectivity index is 1.78. The van der Waals surface area contributed by atoms with Crippen molar-refractivity contribution in [2.75, 3.05) is 0 Å². The molecule has 1 aliphatic rings. The first kappa shape index (κ1) is 14.3. The van der Waals surface area contributed by atoms with Crippen molar-refractivity contribution >= 4 is 10.0 Å². The van der Waals surface area contributed by atoms with Crippen molar-refractivity contribution in [3.63, 3.8) is 0 Å². The van der Waals surface area contributed by atoms with Crippen molar-refractivity contribution in [1.82, 2.24) is 9.71 Å². The van der Waals surface area contributed by atoms with E-state index >= 15 is 0 Å². The summed E-state index contributed by atoms with van der Waals surface area (Å²) in [6.45, 7) is 1.84. The largest absolute Gasteiger partial charge is 0.445 e. The van der Waals surface area contributed by atoms with E-state index in [0.717, 1.165) is 24.8 Å². The van der Waals surface area contributed by atoms with Crippen molar-refractivity contribution in [2.24, 2.45) is 0 Å². The zero-order valence-corrected chi connectivity index (χ0v) is 12.7. The van der Waals surface area contributed by atoms with E-state index < -0.39 is 10.0 Å². The van der Waals surface area contributed by atoms with Crippen LogP contribution in [-0.4, -0.2) is 13.4 Å². The Morgan fingerprint density at radius 3 is 2.71 bits per heavy atom. The molecule has 0 fully saturated rings. The Morgan fingerprint density at radius 1 is 1.24 bits per heavy atom. The molecule has 1 heterocycles. The van der Waals surface area contributed by atoms with E-state index in [0.29, 0.717) is 16.5 Å². The van der Waals surface area contributed by atoms with Crippen molar-refractivity contribution in [3.05, 3.63) is 47.2 Å². The lowest BCUT2D eigenvalue weighted by Crippen LogP contribution is -2.23. The zero-order chi connectivity index (χ0) is 14.9. The van der Waals surface area contributed by atoms with Crippen LogP contribution in [0.1, 0.15) is 35.6 Å². The lowest BCUT2D eigenvalue weighted by Gasteiger charge is -2.16. The molecule has 0 atom stereocenters. The fraction of sp³-hybridized carbons (Fsp3) is 0.400. The van der Waals surface area contributed by atoms with Gasteiger partial charge in [0, 0.05) is 0 Å². The van der Waals surface area contributed by atoms with Crippen LogP contribution in [0.4, 0.5) is 0 Å². The molecule has 0 aliphatic heterocycles. The van der Waals surface area contributed by atoms with Gasteiger partial charge in [-0.15, -0.1) is 0 Å². The maximum atomic E-state index is 12.3. The number of nitrogens with one attached hydrogen (secondary N) is 1. The van der Waals surface area contributed by atoms with Gasteiger partial charge in [0.05, 0.1) is 17.6 Å². The predicted octanol–water partition coefficient (Wildman–Crippen LogP) is 2.34. The summed E-state index contributed by atoms with van der Waals surface area (Å²) in [5, 5.41) is 0. The van der Waals surface area contributed by atoms with Crippen LogP contribution < -0.4 is 4.72 Å². The minimum absolute atomic E-state index is 0.0628. The van der Waals surface area contributed by atoms with Crippen molar-refractivity contribution in [1.29, 1.82) is 0 Å². The van der Waals surface area contributed by atoms with Gasteiger partial charge in [0.25, 0.3) is 0 Å². The van der Waals surface area contributed by atoms with E-state index in [-0.39, 0.29) is 6.54 Å². The van der Waals surface area contributed by atoms with E-state index in [1.807, 2.05) is 6.07 Å². The second kappa shape index (κ2) is 5.61. The number of oxazole rings is 1. The van der Waals surface area contributed by atoms with Gasteiger partial charge in [0.1, 0.15) is 5.76 Å². The topological polar surface area (TPSA) is 72.2 Å². The summed E-state index contributed by atoms with van der Waals surface area (Å²) in [7, 11) is -3.53. The molecular weight excluding hydrogens is 288 g/mol. The Morgan fingerprint density at radius 2 is 2.00 bits per heavy atom. The minimum atomic E-state index is -3.53. The smallest absolute Gasteiger partial charge is 0.241 e. The lowest BCUT2D eigenvalue weighted by atomic mass is 9.92. The van der Waals surface area contributed by atoms with Crippen LogP contribution in [0.15, 0.2) is 33.7 Å². The van der Waals surface area contributed by atoms with Crippen LogP contribution in [0, 0.1) is 6.92 Å². The van der Waals surface area contributed by atoms with Gasteiger partial charge in [0.15, 0.2) is 0 Å². The molecule has 1 aliphatic carbocycles. The number of sulfonamides is 1. The number of hydrogen-bond donors (Lipinski definition) is 1. The average Bonchev–Trinajstić information content (AvgIpc) is 2.90. The first-order valence-electron chi connectivity index (χ1n) is 7.07. The molecular formula is C15H18N2O3S. The average molecular weight is 306 g/mol. The van der Waals surface area contributed by atoms with E-state index in [1.54, 1.807) is 25.3 Å². The molecule has 21 heavy (non-hydrogen) atoms. The lowest BCUT2D eigenvalue weighted by molar-refractivity contribution is 0.463. The molecule has 3 rings (SSSR count). The normalized spacial score (nSPS) is 14.9. The van der Waals surface area contributed by atoms with Gasteiger partial charge in [0.2, 0.25) is 15.9 Å². The standard InChI is InChI=1S/C15H18N2O3S/c1-11-9-16-15(20-11)10-17-21(18,19)14-7-6-12-4-2-3-5-13(12)8-14/h6-9,17H,2-5,10H2,1H3. The number of hydrogen-bond acceptors (Lipinski definition) is 4. The van der Waals surface area contributed by atoms with E-state index in [1.165, 1.54) is 12.0 Å². The SMILES string of the molecule is Cc1cnc(CNS(=O)(=O)c2ccc3c(c2)CCCC3)o1. The summed E-state index contributed by atoms with van der Waals surface area (Å²) in [4.78, 5) is 4.30. The molecule has 0 unspecified atom stereocenters. The van der Waals surface area contributed by atoms with E-state index in [9.17, 15) is 8.42 Å². The molecule has 0 saturated carbocycles. The fourth-order valence-corrected chi connectivity index (χ4v) is 3.62. The van der Waals surface area contributed by atoms with Gasteiger partial charge in [-0.2, -0.15) is 0 Å². The zero-order valence-electron chi connectivity index (χ0n) is 11.9.